The van der Waals surface area contributed by atoms with E-state index in [1.807, 2.05) is 32.0 Å². The van der Waals surface area contributed by atoms with E-state index < -0.39 is 0 Å². The molecule has 3 heteroatoms. The maximum atomic E-state index is 12.4. The molecule has 1 aromatic rings. The summed E-state index contributed by atoms with van der Waals surface area (Å²) in [4.78, 5) is 12.4. The normalized spacial score (nSPS) is 13.2. The van der Waals surface area contributed by atoms with Crippen molar-refractivity contribution in [2.75, 3.05) is 5.33 Å². The van der Waals surface area contributed by atoms with Gasteiger partial charge in [0.05, 0.1) is 0 Å². The van der Waals surface area contributed by atoms with Crippen molar-refractivity contribution < 1.29 is 4.79 Å². The first kappa shape index (κ1) is 16.2. The average Bonchev–Trinajstić information content (AvgIpc) is 2.26. The van der Waals surface area contributed by atoms with Crippen molar-refractivity contribution in [3.63, 3.8) is 0 Å². The number of rotatable bonds is 4. The van der Waals surface area contributed by atoms with E-state index in [1.165, 1.54) is 5.56 Å². The molecule has 1 rings (SSSR count). The van der Waals surface area contributed by atoms with Gasteiger partial charge < -0.3 is 5.32 Å². The Balaban J connectivity index is 2.88. The van der Waals surface area contributed by atoms with Crippen molar-refractivity contribution in [1.82, 2.24) is 5.32 Å². The zero-order valence-electron chi connectivity index (χ0n) is 12.5. The number of carbonyl (C=O) groups excluding carboxylic acids is 1. The van der Waals surface area contributed by atoms with Gasteiger partial charge in [0.15, 0.2) is 0 Å². The Kier molecular flexibility index (Phi) is 5.60. The van der Waals surface area contributed by atoms with E-state index in [1.54, 1.807) is 0 Å². The predicted molar refractivity (Wildman–Crippen MR) is 85.0 cm³/mol. The fourth-order valence-electron chi connectivity index (χ4n) is 2.14. The molecule has 106 valence electrons. The lowest BCUT2D eigenvalue weighted by atomic mass is 9.85. The Morgan fingerprint density at radius 1 is 1.32 bits per heavy atom. The lowest BCUT2D eigenvalue weighted by Gasteiger charge is -2.31. The molecule has 1 amide bonds. The summed E-state index contributed by atoms with van der Waals surface area (Å²) in [5, 5.41) is 4.06. The summed E-state index contributed by atoms with van der Waals surface area (Å²) in [6, 6.07) is 6.11. The van der Waals surface area contributed by atoms with E-state index >= 15 is 0 Å². The third kappa shape index (κ3) is 4.64. The number of benzene rings is 1. The van der Waals surface area contributed by atoms with Gasteiger partial charge in [-0.15, -0.1) is 0 Å². The van der Waals surface area contributed by atoms with Gasteiger partial charge in [0.1, 0.15) is 0 Å². The number of hydrogen-bond acceptors (Lipinski definition) is 1. The molecule has 1 atom stereocenters. The van der Waals surface area contributed by atoms with Gasteiger partial charge >= 0.3 is 0 Å². The van der Waals surface area contributed by atoms with Crippen LogP contribution in [0.1, 0.15) is 48.7 Å². The van der Waals surface area contributed by atoms with E-state index in [2.05, 4.69) is 42.0 Å². The standard InChI is InChI=1S/C16H24BrNO/c1-11-6-7-13(12(2)10-11)15(19)18-14(8-9-17)16(3,4)5/h6-7,10,14H,8-9H2,1-5H3,(H,18,19). The Hall–Kier alpha value is -0.830. The first-order chi connectivity index (χ1) is 8.75. The molecule has 0 bridgehead atoms. The van der Waals surface area contributed by atoms with Crippen molar-refractivity contribution in [3.05, 3.63) is 34.9 Å². The lowest BCUT2D eigenvalue weighted by Crippen LogP contribution is -2.44. The largest absolute Gasteiger partial charge is 0.349 e. The highest BCUT2D eigenvalue weighted by Crippen LogP contribution is 2.23. The number of alkyl halides is 1. The number of carbonyl (C=O) groups is 1. The molecule has 0 spiro atoms. The molecule has 0 saturated carbocycles. The molecule has 2 nitrogen and oxygen atoms in total. The summed E-state index contributed by atoms with van der Waals surface area (Å²) in [7, 11) is 0. The van der Waals surface area contributed by atoms with Gasteiger partial charge in [-0.25, -0.2) is 0 Å². The van der Waals surface area contributed by atoms with Gasteiger partial charge in [-0.2, -0.15) is 0 Å². The minimum atomic E-state index is 0.0263. The van der Waals surface area contributed by atoms with Crippen LogP contribution in [0.25, 0.3) is 0 Å². The zero-order chi connectivity index (χ0) is 14.6. The molecule has 1 N–H and O–H groups in total. The van der Waals surface area contributed by atoms with Gasteiger partial charge in [-0.3, -0.25) is 4.79 Å². The summed E-state index contributed by atoms with van der Waals surface area (Å²) in [5.74, 6) is 0.0263. The van der Waals surface area contributed by atoms with Crippen molar-refractivity contribution in [2.24, 2.45) is 5.41 Å². The molecule has 0 aliphatic carbocycles. The summed E-state index contributed by atoms with van der Waals surface area (Å²) in [6.45, 7) is 10.5. The summed E-state index contributed by atoms with van der Waals surface area (Å²) >= 11 is 3.46. The number of aryl methyl sites for hydroxylation is 2. The van der Waals surface area contributed by atoms with Crippen LogP contribution in [0, 0.1) is 19.3 Å². The lowest BCUT2D eigenvalue weighted by molar-refractivity contribution is 0.0900. The van der Waals surface area contributed by atoms with Gasteiger partial charge in [0.25, 0.3) is 5.91 Å². The van der Waals surface area contributed by atoms with Crippen molar-refractivity contribution in [3.8, 4) is 0 Å². The molecular formula is C16H24BrNO. The third-order valence-corrected chi connectivity index (χ3v) is 3.83. The van der Waals surface area contributed by atoms with Crippen LogP contribution in [0.15, 0.2) is 18.2 Å². The molecule has 0 heterocycles. The number of amides is 1. The second-order valence-corrected chi connectivity index (χ2v) is 6.98. The summed E-state index contributed by atoms with van der Waals surface area (Å²) in [5.41, 5.74) is 3.04. The second kappa shape index (κ2) is 6.56. The van der Waals surface area contributed by atoms with Gasteiger partial charge in [-0.1, -0.05) is 54.4 Å². The fourth-order valence-corrected chi connectivity index (χ4v) is 2.59. The van der Waals surface area contributed by atoms with E-state index in [9.17, 15) is 4.79 Å². The smallest absolute Gasteiger partial charge is 0.251 e. The predicted octanol–water partition coefficient (Wildman–Crippen LogP) is 4.23. The van der Waals surface area contributed by atoms with E-state index in [0.29, 0.717) is 0 Å². The van der Waals surface area contributed by atoms with Gasteiger partial charge in [0, 0.05) is 16.9 Å². The van der Waals surface area contributed by atoms with Crippen LogP contribution in [-0.2, 0) is 0 Å². The van der Waals surface area contributed by atoms with Crippen molar-refractivity contribution >= 4 is 21.8 Å². The highest BCUT2D eigenvalue weighted by Gasteiger charge is 2.26. The zero-order valence-corrected chi connectivity index (χ0v) is 14.1. The Morgan fingerprint density at radius 2 is 1.95 bits per heavy atom. The van der Waals surface area contributed by atoms with E-state index in [0.717, 1.165) is 22.9 Å². The first-order valence-electron chi connectivity index (χ1n) is 6.70. The van der Waals surface area contributed by atoms with Crippen LogP contribution in [0.5, 0.6) is 0 Å². The monoisotopic (exact) mass is 325 g/mol. The maximum Gasteiger partial charge on any atom is 0.251 e. The summed E-state index contributed by atoms with van der Waals surface area (Å²) < 4.78 is 0. The highest BCUT2D eigenvalue weighted by atomic mass is 79.9. The maximum absolute atomic E-state index is 12.4. The molecule has 0 fully saturated rings. The quantitative estimate of drug-likeness (QED) is 0.824. The number of hydrogen-bond donors (Lipinski definition) is 1. The van der Waals surface area contributed by atoms with Crippen LogP contribution in [0.3, 0.4) is 0 Å². The fraction of sp³-hybridized carbons (Fsp3) is 0.562. The molecule has 19 heavy (non-hydrogen) atoms. The molecule has 0 aromatic heterocycles. The van der Waals surface area contributed by atoms with Crippen LogP contribution in [0.2, 0.25) is 0 Å². The topological polar surface area (TPSA) is 29.1 Å². The molecule has 1 unspecified atom stereocenters. The van der Waals surface area contributed by atoms with Crippen molar-refractivity contribution in [1.29, 1.82) is 0 Å². The third-order valence-electron chi connectivity index (χ3n) is 3.38. The van der Waals surface area contributed by atoms with Crippen molar-refractivity contribution in [2.45, 2.75) is 47.1 Å². The second-order valence-electron chi connectivity index (χ2n) is 6.19. The number of halogens is 1. The van der Waals surface area contributed by atoms with Gasteiger partial charge in [0.2, 0.25) is 0 Å². The Bertz CT molecular complexity index is 449. The first-order valence-corrected chi connectivity index (χ1v) is 7.82. The number of nitrogens with one attached hydrogen (secondary N) is 1. The molecule has 1 aromatic carbocycles. The van der Waals surface area contributed by atoms with Crippen LogP contribution < -0.4 is 5.32 Å². The minimum Gasteiger partial charge on any atom is -0.349 e. The highest BCUT2D eigenvalue weighted by molar-refractivity contribution is 9.09. The van der Waals surface area contributed by atoms with Gasteiger partial charge in [-0.05, 0) is 37.3 Å². The molecule has 0 aliphatic heterocycles. The van der Waals surface area contributed by atoms with Crippen LogP contribution in [-0.4, -0.2) is 17.3 Å². The minimum absolute atomic E-state index is 0.0263. The average molecular weight is 326 g/mol. The van der Waals surface area contributed by atoms with Crippen LogP contribution >= 0.6 is 15.9 Å². The van der Waals surface area contributed by atoms with E-state index in [4.69, 9.17) is 0 Å². The van der Waals surface area contributed by atoms with Crippen LogP contribution in [0.4, 0.5) is 0 Å². The Morgan fingerprint density at radius 3 is 2.42 bits per heavy atom. The molecule has 0 saturated heterocycles. The molecule has 0 aliphatic rings. The molecular weight excluding hydrogens is 302 g/mol. The Labute approximate surface area is 125 Å². The summed E-state index contributed by atoms with van der Waals surface area (Å²) in [6.07, 6.45) is 0.931. The van der Waals surface area contributed by atoms with E-state index in [-0.39, 0.29) is 17.4 Å². The molecule has 0 radical (unpaired) electrons. The SMILES string of the molecule is Cc1ccc(C(=O)NC(CCBr)C(C)(C)C)c(C)c1.